The fourth-order valence-corrected chi connectivity index (χ4v) is 9.49. The number of aryl methyl sites for hydroxylation is 6. The molecule has 0 atom stereocenters. The second-order valence-corrected chi connectivity index (χ2v) is 16.9. The Balaban J connectivity index is 1.27. The van der Waals surface area contributed by atoms with Crippen LogP contribution >= 0.6 is 0 Å². The molecule has 8 aromatic rings. The van der Waals surface area contributed by atoms with Crippen molar-refractivity contribution in [2.45, 2.75) is 41.5 Å². The number of nitrogens with zero attached hydrogens (tertiary/aromatic N) is 6. The average molecular weight is 861 g/mol. The maximum atomic E-state index is 7.15. The number of hydrogen-bond acceptors (Lipinski definition) is 8. The van der Waals surface area contributed by atoms with E-state index in [1.165, 1.54) is 0 Å². The molecule has 0 saturated heterocycles. The molecule has 6 aromatic heterocycles. The van der Waals surface area contributed by atoms with Crippen LogP contribution in [0.25, 0.3) is 44.8 Å². The molecule has 10 heteroatoms. The highest BCUT2D eigenvalue weighted by Crippen LogP contribution is 2.45. The Labute approximate surface area is 382 Å². The molecule has 2 aromatic carbocycles. The minimum atomic E-state index is 0.379. The lowest BCUT2D eigenvalue weighted by molar-refractivity contribution is 0.539. The number of hydrogen-bond donors (Lipinski definition) is 2. The molecule has 0 unspecified atom stereocenters. The highest BCUT2D eigenvalue weighted by atomic mass is 16.5. The Morgan fingerprint density at radius 3 is 1.09 bits per heavy atom. The van der Waals surface area contributed by atoms with Crippen LogP contribution in [0.4, 0.5) is 0 Å². The lowest BCUT2D eigenvalue weighted by Crippen LogP contribution is -2.11. The molecule has 10 nitrogen and oxygen atoms in total. The van der Waals surface area contributed by atoms with Gasteiger partial charge in [0.15, 0.2) is 0 Å². The number of rotatable bonds is 6. The summed E-state index contributed by atoms with van der Waals surface area (Å²) in [5.74, 6) is 1.69. The molecular weight excluding hydrogens is 817 g/mol. The number of allylic oxidation sites excluding steroid dienone is 2. The Morgan fingerprint density at radius 2 is 0.758 bits per heavy atom. The third kappa shape index (κ3) is 7.18. The van der Waals surface area contributed by atoms with E-state index in [0.29, 0.717) is 46.3 Å². The number of aromatic nitrogens is 6. The van der Waals surface area contributed by atoms with E-state index in [9.17, 15) is 0 Å². The van der Waals surface area contributed by atoms with Gasteiger partial charge in [-0.15, -0.1) is 0 Å². The van der Waals surface area contributed by atoms with Gasteiger partial charge in [-0.05, 0) is 148 Å². The fraction of sp³-hybridized carbons (Fsp3) is 0.107. The van der Waals surface area contributed by atoms with Gasteiger partial charge in [0.25, 0.3) is 0 Å². The lowest BCUT2D eigenvalue weighted by atomic mass is 9.90. The van der Waals surface area contributed by atoms with E-state index in [4.69, 9.17) is 39.4 Å². The molecule has 0 radical (unpaired) electrons. The van der Waals surface area contributed by atoms with Gasteiger partial charge < -0.3 is 19.4 Å². The average Bonchev–Trinajstić information content (AvgIpc) is 4.13. The lowest BCUT2D eigenvalue weighted by Gasteiger charge is -2.16. The van der Waals surface area contributed by atoms with Crippen LogP contribution in [0.1, 0.15) is 67.3 Å². The maximum Gasteiger partial charge on any atom is 0.231 e. The van der Waals surface area contributed by atoms with Crippen molar-refractivity contribution in [1.29, 1.82) is 0 Å². The minimum absolute atomic E-state index is 0.379. The number of benzene rings is 2. The SMILES string of the molecule is Cc1cc(C)c(C2=C3C=C(c4ccccn4)C(=N3)Oc3[nH]c(cc3-c3ccccn3)C(c3c(C)cc(C)cc3C)=C3C=C(c4ccccn4)C(=N3)Oc3[nH]c2cc3-c2ccccn2)c(C)c1. The van der Waals surface area contributed by atoms with Crippen LogP contribution in [0.3, 0.4) is 0 Å². The number of nitrogens with one attached hydrogen (secondary N) is 2. The van der Waals surface area contributed by atoms with Crippen molar-refractivity contribution in [1.82, 2.24) is 29.9 Å². The van der Waals surface area contributed by atoms with Gasteiger partial charge in [0, 0.05) is 35.9 Å². The summed E-state index contributed by atoms with van der Waals surface area (Å²) >= 11 is 0. The van der Waals surface area contributed by atoms with Crippen LogP contribution in [0.15, 0.2) is 168 Å². The second-order valence-electron chi connectivity index (χ2n) is 16.9. The van der Waals surface area contributed by atoms with E-state index >= 15 is 0 Å². The largest absolute Gasteiger partial charge is 0.421 e. The molecule has 11 rings (SSSR count). The van der Waals surface area contributed by atoms with Crippen molar-refractivity contribution >= 4 is 34.1 Å². The number of fused-ring (bicyclic) bond motifs is 6. The molecule has 8 bridgehead atoms. The zero-order chi connectivity index (χ0) is 45.1. The Hall–Kier alpha value is -8.50. The topological polar surface area (TPSA) is 126 Å². The summed E-state index contributed by atoms with van der Waals surface area (Å²) in [6.07, 6.45) is 11.3. The first-order valence-electron chi connectivity index (χ1n) is 21.9. The molecule has 3 aliphatic heterocycles. The Kier molecular flexibility index (Phi) is 9.92. The summed E-state index contributed by atoms with van der Waals surface area (Å²) in [4.78, 5) is 37.6. The fourth-order valence-electron chi connectivity index (χ4n) is 9.49. The first-order valence-corrected chi connectivity index (χ1v) is 21.9. The van der Waals surface area contributed by atoms with Crippen LogP contribution in [-0.4, -0.2) is 41.7 Å². The highest BCUT2D eigenvalue weighted by Gasteiger charge is 2.32. The third-order valence-electron chi connectivity index (χ3n) is 12.1. The van der Waals surface area contributed by atoms with Gasteiger partial charge in [-0.1, -0.05) is 59.7 Å². The van der Waals surface area contributed by atoms with Gasteiger partial charge in [-0.25, -0.2) is 9.98 Å². The summed E-state index contributed by atoms with van der Waals surface area (Å²) in [5, 5.41) is 0. The molecule has 0 saturated carbocycles. The molecule has 0 fully saturated rings. The van der Waals surface area contributed by atoms with Gasteiger partial charge >= 0.3 is 0 Å². The number of aromatic amines is 2. The van der Waals surface area contributed by atoms with E-state index in [-0.39, 0.29) is 0 Å². The van der Waals surface area contributed by atoms with Crippen LogP contribution < -0.4 is 9.47 Å². The monoisotopic (exact) mass is 860 g/mol. The minimum Gasteiger partial charge on any atom is -0.421 e. The van der Waals surface area contributed by atoms with E-state index < -0.39 is 0 Å². The molecule has 9 heterocycles. The van der Waals surface area contributed by atoms with Gasteiger partial charge in [-0.3, -0.25) is 19.9 Å². The smallest absolute Gasteiger partial charge is 0.231 e. The molecule has 3 aliphatic rings. The maximum absolute atomic E-state index is 7.15. The normalized spacial score (nSPS) is 14.4. The van der Waals surface area contributed by atoms with Crippen LogP contribution in [0.5, 0.6) is 11.8 Å². The Bertz CT molecular complexity index is 3170. The summed E-state index contributed by atoms with van der Waals surface area (Å²) in [5.41, 5.74) is 19.2. The molecular formula is C56H44N8O2. The molecule has 0 aliphatic carbocycles. The van der Waals surface area contributed by atoms with Gasteiger partial charge in [0.1, 0.15) is 0 Å². The number of pyridine rings is 4. The Morgan fingerprint density at radius 1 is 0.409 bits per heavy atom. The first kappa shape index (κ1) is 40.3. The van der Waals surface area contributed by atoms with Crippen LogP contribution in [0.2, 0.25) is 0 Å². The summed E-state index contributed by atoms with van der Waals surface area (Å²) in [6.45, 7) is 12.8. The molecule has 0 spiro atoms. The standard InChI is InChI=1S/C56H44N8O2/c1-31-23-33(3)49(34(4)24-31)51-45-27-37(41-15-7-11-19-57-41)53(61-45)65-55-39(43-17-9-13-21-59-43)29-47(63-55)52(50-35(5)25-32(2)26-36(50)6)48-30-40(44-18-10-14-22-60-44)56(64-48)66-54-38(28-46(51)62-54)42-16-8-12-20-58-42/h7-30,61,64H,1-6H3. The van der Waals surface area contributed by atoms with E-state index in [2.05, 4.69) is 100 Å². The van der Waals surface area contributed by atoms with Crippen LogP contribution in [-0.2, 0) is 0 Å². The molecule has 66 heavy (non-hydrogen) atoms. The third-order valence-corrected chi connectivity index (χ3v) is 12.1. The van der Waals surface area contributed by atoms with Gasteiger partial charge in [0.2, 0.25) is 23.6 Å². The van der Waals surface area contributed by atoms with Crippen molar-refractivity contribution in [3.05, 3.63) is 225 Å². The van der Waals surface area contributed by atoms with Crippen LogP contribution in [0, 0.1) is 41.5 Å². The van der Waals surface area contributed by atoms with Crippen molar-refractivity contribution in [2.24, 2.45) is 9.98 Å². The summed E-state index contributed by atoms with van der Waals surface area (Å²) in [6, 6.07) is 36.4. The predicted molar refractivity (Wildman–Crippen MR) is 262 cm³/mol. The molecule has 2 N–H and O–H groups in total. The van der Waals surface area contributed by atoms with E-state index in [1.54, 1.807) is 24.8 Å². The summed E-state index contributed by atoms with van der Waals surface area (Å²) < 4.78 is 14.3. The number of ether oxygens (including phenoxy) is 2. The quantitative estimate of drug-likeness (QED) is 0.171. The first-order chi connectivity index (χ1) is 32.2. The highest BCUT2D eigenvalue weighted by molar-refractivity contribution is 6.25. The zero-order valence-corrected chi connectivity index (χ0v) is 37.4. The van der Waals surface area contributed by atoms with Crippen molar-refractivity contribution in [2.75, 3.05) is 0 Å². The van der Waals surface area contributed by atoms with Crippen molar-refractivity contribution in [3.8, 4) is 34.3 Å². The van der Waals surface area contributed by atoms with Gasteiger partial charge in [-0.2, -0.15) is 0 Å². The number of H-pyrrole nitrogens is 2. The van der Waals surface area contributed by atoms with Crippen molar-refractivity contribution < 1.29 is 9.47 Å². The molecule has 0 amide bonds. The second kappa shape index (κ2) is 16.2. The zero-order valence-electron chi connectivity index (χ0n) is 37.4. The summed E-state index contributed by atoms with van der Waals surface area (Å²) in [7, 11) is 0. The van der Waals surface area contributed by atoms with Gasteiger partial charge in [0.05, 0.1) is 67.8 Å². The van der Waals surface area contributed by atoms with Crippen molar-refractivity contribution in [3.63, 3.8) is 0 Å². The van der Waals surface area contributed by atoms with E-state index in [0.717, 1.165) is 101 Å². The number of aliphatic imine (C=N–C) groups is 2. The molecule has 320 valence electrons. The predicted octanol–water partition coefficient (Wildman–Crippen LogP) is 12.1. The van der Waals surface area contributed by atoms with E-state index in [1.807, 2.05) is 72.8 Å².